The Balaban J connectivity index is 1.24. The monoisotopic (exact) mass is 532 g/mol. The fourth-order valence-electron chi connectivity index (χ4n) is 5.19. The fraction of sp³-hybridized carbons (Fsp3) is 0.917. The molecule has 0 aromatic carbocycles. The van der Waals surface area contributed by atoms with Crippen LogP contribution >= 0.6 is 0 Å². The third-order valence-electron chi connectivity index (χ3n) is 7.50. The van der Waals surface area contributed by atoms with Gasteiger partial charge < -0.3 is 54.7 Å². The van der Waals surface area contributed by atoms with Crippen molar-refractivity contribution in [3.8, 4) is 0 Å². The molecule has 0 aromatic heterocycles. The second-order valence-electron chi connectivity index (χ2n) is 10.3. The molecular formula is C24H40N2O11. The number of fused-ring (bicyclic) bond motifs is 2. The van der Waals surface area contributed by atoms with Crippen LogP contribution in [0.15, 0.2) is 9.98 Å². The summed E-state index contributed by atoms with van der Waals surface area (Å²) in [6, 6.07) is 0. The van der Waals surface area contributed by atoms with Crippen LogP contribution in [-0.4, -0.2) is 115 Å². The minimum absolute atomic E-state index is 0.277. The molecule has 0 radical (unpaired) electrons. The Morgan fingerprint density at radius 3 is 1.86 bits per heavy atom. The van der Waals surface area contributed by atoms with Crippen LogP contribution in [-0.2, 0) is 18.9 Å². The number of aliphatic imine (C=N–C) groups is 2. The number of aliphatic hydroxyl groups is 7. The van der Waals surface area contributed by atoms with E-state index >= 15 is 0 Å². The predicted molar refractivity (Wildman–Crippen MR) is 128 cm³/mol. The Kier molecular flexibility index (Phi) is 9.09. The lowest BCUT2D eigenvalue weighted by molar-refractivity contribution is -0.392. The molecule has 2 saturated heterocycles. The molecule has 37 heavy (non-hydrogen) atoms. The first-order valence-corrected chi connectivity index (χ1v) is 13.3. The zero-order valence-corrected chi connectivity index (χ0v) is 21.1. The van der Waals surface area contributed by atoms with Gasteiger partial charge in [-0.1, -0.05) is 64.7 Å². The lowest BCUT2D eigenvalue weighted by Gasteiger charge is -2.55. The third-order valence-corrected chi connectivity index (χ3v) is 7.50. The number of hydrogen-bond acceptors (Lipinski definition) is 11. The summed E-state index contributed by atoms with van der Waals surface area (Å²) < 4.78 is 22.2. The zero-order valence-electron chi connectivity index (χ0n) is 21.1. The molecule has 0 aromatic rings. The topological polar surface area (TPSA) is 203 Å². The summed E-state index contributed by atoms with van der Waals surface area (Å²) in [5.74, 6) is -1.13. The van der Waals surface area contributed by atoms with Crippen molar-refractivity contribution in [2.45, 2.75) is 132 Å². The van der Waals surface area contributed by atoms with E-state index in [-0.39, 0.29) is 6.61 Å². The summed E-state index contributed by atoms with van der Waals surface area (Å²) in [6.07, 6.45) is -1.41. The molecule has 0 spiro atoms. The van der Waals surface area contributed by atoms with Crippen molar-refractivity contribution < 1.29 is 54.7 Å². The summed E-state index contributed by atoms with van der Waals surface area (Å²) in [5.41, 5.74) is -4.32. The maximum absolute atomic E-state index is 10.8. The minimum atomic E-state index is -2.25. The standard InChI is InChI=1S/C24H40N2O11/c1-2-3-4-5-6-7-8-9-10-11-12-34-21-14(28)16(30)24(18(36-21)20(32)26-24)37-22-13(27)15(29)23(33)17(35-22)19(31)25-23/h13-18,21-22,27-30,33H,2-12H2,1H3,(H,25,31)(H,26,32)/t13?,14?,15?,16?,17?,18?,21-,22+,23+,24+/m1/s1. The van der Waals surface area contributed by atoms with E-state index in [0.29, 0.717) is 0 Å². The van der Waals surface area contributed by atoms with Crippen LogP contribution in [0.25, 0.3) is 0 Å². The van der Waals surface area contributed by atoms with Crippen molar-refractivity contribution in [1.82, 2.24) is 0 Å². The molecule has 0 bridgehead atoms. The summed E-state index contributed by atoms with van der Waals surface area (Å²) >= 11 is 0. The van der Waals surface area contributed by atoms with Gasteiger partial charge in [0.2, 0.25) is 23.2 Å². The molecule has 10 atom stereocenters. The third kappa shape index (κ3) is 5.38. The van der Waals surface area contributed by atoms with Gasteiger partial charge in [-0.3, -0.25) is 0 Å². The smallest absolute Gasteiger partial charge is 0.228 e. The van der Waals surface area contributed by atoms with Crippen LogP contribution < -0.4 is 0 Å². The van der Waals surface area contributed by atoms with Crippen molar-refractivity contribution in [3.63, 3.8) is 0 Å². The highest BCUT2D eigenvalue weighted by Gasteiger charge is 2.69. The zero-order chi connectivity index (χ0) is 26.8. The number of ether oxygens (including phenoxy) is 4. The Morgan fingerprint density at radius 2 is 1.27 bits per heavy atom. The van der Waals surface area contributed by atoms with Gasteiger partial charge in [-0.05, 0) is 6.42 Å². The van der Waals surface area contributed by atoms with Gasteiger partial charge in [0.15, 0.2) is 24.8 Å². The van der Waals surface area contributed by atoms with E-state index in [9.17, 15) is 35.7 Å². The highest BCUT2D eigenvalue weighted by Crippen LogP contribution is 2.45. The average Bonchev–Trinajstić information content (AvgIpc) is 2.87. The summed E-state index contributed by atoms with van der Waals surface area (Å²) in [5, 5.41) is 72.0. The molecule has 13 heteroatoms. The molecule has 6 unspecified atom stereocenters. The van der Waals surface area contributed by atoms with Gasteiger partial charge in [0.25, 0.3) is 0 Å². The quantitative estimate of drug-likeness (QED) is 0.150. The second-order valence-corrected chi connectivity index (χ2v) is 10.3. The Hall–Kier alpha value is -1.42. The number of unbranched alkanes of at least 4 members (excludes halogenated alkanes) is 9. The number of rotatable bonds is 14. The lowest BCUT2D eigenvalue weighted by Crippen LogP contribution is -2.77. The van der Waals surface area contributed by atoms with Crippen LogP contribution in [0.3, 0.4) is 0 Å². The van der Waals surface area contributed by atoms with Gasteiger partial charge in [-0.15, -0.1) is 0 Å². The average molecular weight is 533 g/mol. The number of hydrogen-bond donors (Lipinski definition) is 7. The van der Waals surface area contributed by atoms with Gasteiger partial charge in [-0.25, -0.2) is 9.98 Å². The highest BCUT2D eigenvalue weighted by molar-refractivity contribution is 5.87. The fourth-order valence-corrected chi connectivity index (χ4v) is 5.19. The van der Waals surface area contributed by atoms with Gasteiger partial charge >= 0.3 is 0 Å². The molecule has 0 saturated carbocycles. The second kappa shape index (κ2) is 11.8. The van der Waals surface area contributed by atoms with Crippen LogP contribution in [0.2, 0.25) is 0 Å². The van der Waals surface area contributed by atoms with Gasteiger partial charge in [0.05, 0.1) is 0 Å². The molecule has 2 fully saturated rings. The summed E-state index contributed by atoms with van der Waals surface area (Å²) in [6.45, 7) is 2.48. The van der Waals surface area contributed by atoms with Crippen LogP contribution in [0.1, 0.15) is 71.1 Å². The molecule has 13 nitrogen and oxygen atoms in total. The normalized spacial score (nSPS) is 42.6. The lowest BCUT2D eigenvalue weighted by atomic mass is 9.85. The number of aliphatic hydroxyl groups excluding tert-OH is 6. The van der Waals surface area contributed by atoms with Crippen molar-refractivity contribution in [2.24, 2.45) is 9.98 Å². The van der Waals surface area contributed by atoms with Gasteiger partial charge in [0, 0.05) is 6.61 Å². The van der Waals surface area contributed by atoms with Gasteiger partial charge in [0.1, 0.15) is 24.4 Å². The maximum Gasteiger partial charge on any atom is 0.228 e. The van der Waals surface area contributed by atoms with E-state index in [4.69, 9.17) is 18.9 Å². The first-order valence-electron chi connectivity index (χ1n) is 13.3. The van der Waals surface area contributed by atoms with Crippen molar-refractivity contribution in [3.05, 3.63) is 0 Å². The Labute approximate surface area is 215 Å². The van der Waals surface area contributed by atoms with E-state index in [1.807, 2.05) is 0 Å². The van der Waals surface area contributed by atoms with E-state index in [0.717, 1.165) is 25.7 Å². The largest absolute Gasteiger partial charge is 0.495 e. The predicted octanol–water partition coefficient (Wildman–Crippen LogP) is 0.159. The highest BCUT2D eigenvalue weighted by atomic mass is 16.8. The van der Waals surface area contributed by atoms with E-state index < -0.39 is 72.4 Å². The van der Waals surface area contributed by atoms with E-state index in [2.05, 4.69) is 16.9 Å². The molecule has 4 heterocycles. The molecular weight excluding hydrogens is 492 g/mol. The van der Waals surface area contributed by atoms with Crippen LogP contribution in [0.4, 0.5) is 0 Å². The molecule has 4 aliphatic heterocycles. The molecule has 7 N–H and O–H groups in total. The molecule has 4 rings (SSSR count). The molecule has 0 aliphatic carbocycles. The van der Waals surface area contributed by atoms with Crippen molar-refractivity contribution >= 4 is 11.8 Å². The van der Waals surface area contributed by atoms with Crippen LogP contribution in [0.5, 0.6) is 0 Å². The Bertz CT molecular complexity index is 844. The summed E-state index contributed by atoms with van der Waals surface area (Å²) in [7, 11) is 0. The van der Waals surface area contributed by atoms with Crippen LogP contribution in [0, 0.1) is 0 Å². The van der Waals surface area contributed by atoms with E-state index in [1.165, 1.54) is 38.5 Å². The number of nitrogens with zero attached hydrogens (tertiary/aromatic N) is 2. The molecule has 4 aliphatic rings. The SMILES string of the molecule is CCCCCCCCCCCCO[C@@H]1OC2C(O)=N[C@]2(O[C@@H]2OC3C(O)=N[C@]3(O)C(O)C2O)C(O)C1O. The molecule has 0 amide bonds. The Morgan fingerprint density at radius 1 is 0.730 bits per heavy atom. The van der Waals surface area contributed by atoms with E-state index in [1.54, 1.807) is 0 Å². The maximum atomic E-state index is 10.8. The molecule has 212 valence electrons. The van der Waals surface area contributed by atoms with Crippen molar-refractivity contribution in [2.75, 3.05) is 6.61 Å². The summed E-state index contributed by atoms with van der Waals surface area (Å²) in [4.78, 5) is 7.18. The van der Waals surface area contributed by atoms with Crippen molar-refractivity contribution in [1.29, 1.82) is 0 Å². The van der Waals surface area contributed by atoms with Gasteiger partial charge in [-0.2, -0.15) is 0 Å². The first-order chi connectivity index (χ1) is 17.7. The first kappa shape index (κ1) is 28.6. The minimum Gasteiger partial charge on any atom is -0.495 e.